The Morgan fingerprint density at radius 3 is 2.61 bits per heavy atom. The molecule has 7 heteroatoms. The smallest absolute Gasteiger partial charge is 0.243 e. The van der Waals surface area contributed by atoms with Crippen molar-refractivity contribution in [3.05, 3.63) is 11.7 Å². The first kappa shape index (κ1) is 16.4. The number of carbonyl (C=O) groups excluding carboxylic acids is 1. The number of aryl methyl sites for hydroxylation is 1. The molecule has 0 bridgehead atoms. The van der Waals surface area contributed by atoms with Gasteiger partial charge in [0.05, 0.1) is 12.6 Å². The molecule has 2 aliphatic rings. The van der Waals surface area contributed by atoms with Crippen LogP contribution in [0.1, 0.15) is 50.4 Å². The lowest BCUT2D eigenvalue weighted by molar-refractivity contribution is -0.123. The van der Waals surface area contributed by atoms with E-state index in [1.165, 1.54) is 12.8 Å². The first-order valence-electron chi connectivity index (χ1n) is 8.68. The summed E-state index contributed by atoms with van der Waals surface area (Å²) >= 11 is 0. The largest absolute Gasteiger partial charge is 0.352 e. The molecule has 1 aliphatic carbocycles. The Kier molecular flexibility index (Phi) is 5.27. The Hall–Kier alpha value is -1.47. The van der Waals surface area contributed by atoms with Gasteiger partial charge in [0.1, 0.15) is 0 Å². The van der Waals surface area contributed by atoms with Gasteiger partial charge in [0.15, 0.2) is 5.82 Å². The number of hydrogen-bond acceptors (Lipinski definition) is 6. The zero-order valence-corrected chi connectivity index (χ0v) is 14.1. The van der Waals surface area contributed by atoms with Gasteiger partial charge in [-0.1, -0.05) is 18.0 Å². The predicted molar refractivity (Wildman–Crippen MR) is 85.9 cm³/mol. The summed E-state index contributed by atoms with van der Waals surface area (Å²) in [4.78, 5) is 21.0. The highest BCUT2D eigenvalue weighted by Crippen LogP contribution is 2.20. The van der Waals surface area contributed by atoms with Crippen molar-refractivity contribution in [3.63, 3.8) is 0 Å². The van der Waals surface area contributed by atoms with Crippen LogP contribution >= 0.6 is 0 Å². The molecule has 1 saturated heterocycles. The molecule has 3 rings (SSSR count). The van der Waals surface area contributed by atoms with E-state index in [1.54, 1.807) is 0 Å². The van der Waals surface area contributed by atoms with Crippen LogP contribution < -0.4 is 5.32 Å². The molecule has 7 nitrogen and oxygen atoms in total. The zero-order valence-electron chi connectivity index (χ0n) is 14.1. The third kappa shape index (κ3) is 4.29. The second-order valence-electron chi connectivity index (χ2n) is 6.72. The number of nitrogens with zero attached hydrogens (tertiary/aromatic N) is 4. The van der Waals surface area contributed by atoms with Crippen molar-refractivity contribution in [2.45, 2.75) is 51.6 Å². The Labute approximate surface area is 137 Å². The third-order valence-corrected chi connectivity index (χ3v) is 4.94. The van der Waals surface area contributed by atoms with Crippen molar-refractivity contribution < 1.29 is 9.32 Å². The number of rotatable bonds is 5. The van der Waals surface area contributed by atoms with Crippen LogP contribution in [-0.4, -0.2) is 64.6 Å². The Balaban J connectivity index is 1.42. The summed E-state index contributed by atoms with van der Waals surface area (Å²) in [5.74, 6) is 1.52. The van der Waals surface area contributed by atoms with E-state index in [-0.39, 0.29) is 11.9 Å². The Morgan fingerprint density at radius 2 is 2.00 bits per heavy atom. The molecule has 1 atom stereocenters. The predicted octanol–water partition coefficient (Wildman–Crippen LogP) is 1.12. The minimum Gasteiger partial charge on any atom is -0.352 e. The van der Waals surface area contributed by atoms with Gasteiger partial charge in [-0.2, -0.15) is 4.98 Å². The summed E-state index contributed by atoms with van der Waals surface area (Å²) in [7, 11) is 0. The lowest BCUT2D eigenvalue weighted by atomic mass is 10.2. The van der Waals surface area contributed by atoms with Crippen LogP contribution in [0.25, 0.3) is 0 Å². The number of carbonyl (C=O) groups is 1. The van der Waals surface area contributed by atoms with Gasteiger partial charge in [-0.15, -0.1) is 0 Å². The van der Waals surface area contributed by atoms with Gasteiger partial charge in [0, 0.05) is 32.2 Å². The van der Waals surface area contributed by atoms with Crippen LogP contribution in [0.15, 0.2) is 4.52 Å². The summed E-state index contributed by atoms with van der Waals surface area (Å²) in [6, 6.07) is 0.537. The fourth-order valence-electron chi connectivity index (χ4n) is 3.49. The van der Waals surface area contributed by atoms with Gasteiger partial charge in [0.2, 0.25) is 11.8 Å². The summed E-state index contributed by atoms with van der Waals surface area (Å²) < 4.78 is 5.26. The number of piperazine rings is 1. The Bertz CT molecular complexity index is 518. The molecule has 1 saturated carbocycles. The van der Waals surface area contributed by atoms with Gasteiger partial charge in [-0.05, 0) is 26.7 Å². The molecule has 2 heterocycles. The second-order valence-corrected chi connectivity index (χ2v) is 6.72. The van der Waals surface area contributed by atoms with E-state index in [0.717, 1.165) is 39.0 Å². The van der Waals surface area contributed by atoms with Crippen LogP contribution in [0.2, 0.25) is 0 Å². The van der Waals surface area contributed by atoms with Gasteiger partial charge < -0.3 is 9.84 Å². The maximum absolute atomic E-state index is 12.1. The standard InChI is InChI=1S/C16H27N5O2/c1-12(16-17-13(2)19-23-16)21-9-7-20(8-10-21)11-15(22)18-14-5-3-4-6-14/h12,14H,3-11H2,1-2H3,(H,18,22)/t12-/m1/s1. The van der Waals surface area contributed by atoms with Gasteiger partial charge in [-0.3, -0.25) is 14.6 Å². The van der Waals surface area contributed by atoms with Crippen molar-refractivity contribution in [1.29, 1.82) is 0 Å². The van der Waals surface area contributed by atoms with E-state index in [4.69, 9.17) is 4.52 Å². The lowest BCUT2D eigenvalue weighted by Gasteiger charge is -2.36. The fourth-order valence-corrected chi connectivity index (χ4v) is 3.49. The topological polar surface area (TPSA) is 74.5 Å². The number of amides is 1. The van der Waals surface area contributed by atoms with E-state index < -0.39 is 0 Å². The van der Waals surface area contributed by atoms with Crippen molar-refractivity contribution in [3.8, 4) is 0 Å². The highest BCUT2D eigenvalue weighted by atomic mass is 16.5. The van der Waals surface area contributed by atoms with E-state index >= 15 is 0 Å². The molecule has 0 aromatic carbocycles. The van der Waals surface area contributed by atoms with Crippen LogP contribution in [-0.2, 0) is 4.79 Å². The molecule has 23 heavy (non-hydrogen) atoms. The fraction of sp³-hybridized carbons (Fsp3) is 0.812. The van der Waals surface area contributed by atoms with Crippen LogP contribution in [0.3, 0.4) is 0 Å². The van der Waals surface area contributed by atoms with Gasteiger partial charge in [-0.25, -0.2) is 0 Å². The molecule has 1 aromatic heterocycles. The number of aromatic nitrogens is 2. The summed E-state index contributed by atoms with van der Waals surface area (Å²) in [5, 5.41) is 7.02. The van der Waals surface area contributed by atoms with Crippen molar-refractivity contribution >= 4 is 5.91 Å². The average molecular weight is 321 g/mol. The van der Waals surface area contributed by atoms with E-state index in [0.29, 0.717) is 24.3 Å². The number of nitrogens with one attached hydrogen (secondary N) is 1. The zero-order chi connectivity index (χ0) is 16.2. The van der Waals surface area contributed by atoms with E-state index in [1.807, 2.05) is 6.92 Å². The van der Waals surface area contributed by atoms with Gasteiger partial charge in [0.25, 0.3) is 0 Å². The normalized spacial score (nSPS) is 22.3. The molecule has 1 N–H and O–H groups in total. The van der Waals surface area contributed by atoms with Crippen LogP contribution in [0.4, 0.5) is 0 Å². The quantitative estimate of drug-likeness (QED) is 0.876. The van der Waals surface area contributed by atoms with E-state index in [2.05, 4.69) is 32.2 Å². The first-order chi connectivity index (χ1) is 11.1. The monoisotopic (exact) mass is 321 g/mol. The average Bonchev–Trinajstić information content (AvgIpc) is 3.19. The second kappa shape index (κ2) is 7.40. The van der Waals surface area contributed by atoms with E-state index in [9.17, 15) is 4.79 Å². The molecule has 0 spiro atoms. The molecule has 0 unspecified atom stereocenters. The molecule has 1 aliphatic heterocycles. The molecule has 1 aromatic rings. The van der Waals surface area contributed by atoms with Crippen LogP contribution in [0, 0.1) is 6.92 Å². The molecule has 2 fully saturated rings. The molecular weight excluding hydrogens is 294 g/mol. The molecular formula is C16H27N5O2. The summed E-state index contributed by atoms with van der Waals surface area (Å²) in [5.41, 5.74) is 0. The Morgan fingerprint density at radius 1 is 1.30 bits per heavy atom. The first-order valence-corrected chi connectivity index (χ1v) is 8.68. The minimum atomic E-state index is 0.130. The maximum atomic E-state index is 12.1. The number of hydrogen-bond donors (Lipinski definition) is 1. The molecule has 1 amide bonds. The summed E-state index contributed by atoms with van der Waals surface area (Å²) in [6.07, 6.45) is 4.77. The molecule has 0 radical (unpaired) electrons. The van der Waals surface area contributed by atoms with Crippen molar-refractivity contribution in [2.75, 3.05) is 32.7 Å². The molecule has 128 valence electrons. The minimum absolute atomic E-state index is 0.130. The van der Waals surface area contributed by atoms with Gasteiger partial charge >= 0.3 is 0 Å². The van der Waals surface area contributed by atoms with Crippen LogP contribution in [0.5, 0.6) is 0 Å². The maximum Gasteiger partial charge on any atom is 0.243 e. The van der Waals surface area contributed by atoms with Crippen molar-refractivity contribution in [1.82, 2.24) is 25.3 Å². The SMILES string of the molecule is Cc1noc([C@@H](C)N2CCN(CC(=O)NC3CCCC3)CC2)n1. The summed E-state index contributed by atoms with van der Waals surface area (Å²) in [6.45, 7) is 8.07. The highest BCUT2D eigenvalue weighted by Gasteiger charge is 2.26. The lowest BCUT2D eigenvalue weighted by Crippen LogP contribution is -2.50. The third-order valence-electron chi connectivity index (χ3n) is 4.94. The highest BCUT2D eigenvalue weighted by molar-refractivity contribution is 5.78. The van der Waals surface area contributed by atoms with Crippen molar-refractivity contribution in [2.24, 2.45) is 0 Å².